The number of rotatable bonds is 7. The molecule has 0 bridgehead atoms. The maximum atomic E-state index is 11.6. The zero-order chi connectivity index (χ0) is 13.4. The first-order chi connectivity index (χ1) is 8.61. The van der Waals surface area contributed by atoms with Crippen LogP contribution in [0.1, 0.15) is 13.3 Å². The molecule has 0 saturated carbocycles. The van der Waals surface area contributed by atoms with Gasteiger partial charge in [-0.25, -0.2) is 0 Å². The predicted molar refractivity (Wildman–Crippen MR) is 76.5 cm³/mol. The molecule has 0 aliphatic rings. The number of hydrogen-bond donors (Lipinski definition) is 3. The minimum absolute atomic E-state index is 0.0616. The third kappa shape index (κ3) is 6.14. The van der Waals surface area contributed by atoms with Gasteiger partial charge in [-0.3, -0.25) is 4.79 Å². The van der Waals surface area contributed by atoms with Crippen molar-refractivity contribution in [3.8, 4) is 0 Å². The van der Waals surface area contributed by atoms with Crippen molar-refractivity contribution in [3.05, 3.63) is 28.7 Å². The lowest BCUT2D eigenvalue weighted by Gasteiger charge is -2.11. The molecule has 0 aromatic heterocycles. The normalized spacial score (nSPS) is 12.2. The molecule has 1 aromatic carbocycles. The van der Waals surface area contributed by atoms with Crippen LogP contribution in [0.2, 0.25) is 0 Å². The largest absolute Gasteiger partial charge is 0.396 e. The maximum absolute atomic E-state index is 11.6. The molecule has 4 nitrogen and oxygen atoms in total. The Morgan fingerprint density at radius 2 is 2.06 bits per heavy atom. The summed E-state index contributed by atoms with van der Waals surface area (Å²) >= 11 is 3.34. The van der Waals surface area contributed by atoms with Crippen LogP contribution < -0.4 is 10.6 Å². The Balaban J connectivity index is 2.23. The summed E-state index contributed by atoms with van der Waals surface area (Å²) in [6.07, 6.45) is 0.751. The van der Waals surface area contributed by atoms with E-state index in [1.807, 2.05) is 31.2 Å². The van der Waals surface area contributed by atoms with Gasteiger partial charge in [-0.15, -0.1) is 0 Å². The van der Waals surface area contributed by atoms with E-state index in [-0.39, 0.29) is 19.1 Å². The fourth-order valence-corrected chi connectivity index (χ4v) is 1.76. The van der Waals surface area contributed by atoms with Crippen molar-refractivity contribution in [2.24, 2.45) is 5.92 Å². The summed E-state index contributed by atoms with van der Waals surface area (Å²) in [5.74, 6) is 0.309. The molecule has 1 aromatic rings. The Labute approximate surface area is 116 Å². The second-order valence-electron chi connectivity index (χ2n) is 4.30. The van der Waals surface area contributed by atoms with Crippen LogP contribution >= 0.6 is 15.9 Å². The monoisotopic (exact) mass is 314 g/mol. The highest BCUT2D eigenvalue weighted by Crippen LogP contribution is 2.13. The molecule has 1 rings (SSSR count). The molecule has 0 fully saturated rings. The zero-order valence-corrected chi connectivity index (χ0v) is 12.0. The smallest absolute Gasteiger partial charge is 0.238 e. The summed E-state index contributed by atoms with van der Waals surface area (Å²) in [5.41, 5.74) is 0.786. The Bertz CT molecular complexity index is 368. The van der Waals surface area contributed by atoms with Crippen molar-refractivity contribution < 1.29 is 9.90 Å². The van der Waals surface area contributed by atoms with Gasteiger partial charge in [-0.05, 0) is 43.1 Å². The van der Waals surface area contributed by atoms with Gasteiger partial charge in [0.1, 0.15) is 0 Å². The molecule has 1 unspecified atom stereocenters. The van der Waals surface area contributed by atoms with E-state index in [2.05, 4.69) is 26.6 Å². The van der Waals surface area contributed by atoms with E-state index in [9.17, 15) is 4.79 Å². The first kappa shape index (κ1) is 15.1. The number of hydrogen-bond acceptors (Lipinski definition) is 3. The fourth-order valence-electron chi connectivity index (χ4n) is 1.49. The lowest BCUT2D eigenvalue weighted by atomic mass is 10.1. The molecular weight excluding hydrogens is 296 g/mol. The minimum Gasteiger partial charge on any atom is -0.396 e. The van der Waals surface area contributed by atoms with Gasteiger partial charge in [0, 0.05) is 16.8 Å². The van der Waals surface area contributed by atoms with Gasteiger partial charge in [0.05, 0.1) is 6.54 Å². The number of benzene rings is 1. The Hall–Kier alpha value is -0.910. The third-order valence-electron chi connectivity index (χ3n) is 2.53. The van der Waals surface area contributed by atoms with Crippen LogP contribution in [0.3, 0.4) is 0 Å². The molecule has 0 spiro atoms. The van der Waals surface area contributed by atoms with Crippen LogP contribution in [0.4, 0.5) is 5.69 Å². The zero-order valence-electron chi connectivity index (χ0n) is 10.4. The van der Waals surface area contributed by atoms with Gasteiger partial charge in [-0.2, -0.15) is 0 Å². The summed E-state index contributed by atoms with van der Waals surface area (Å²) in [4.78, 5) is 11.6. The molecule has 18 heavy (non-hydrogen) atoms. The van der Waals surface area contributed by atoms with E-state index in [1.54, 1.807) is 0 Å². The first-order valence-corrected chi connectivity index (χ1v) is 6.78. The van der Waals surface area contributed by atoms with E-state index in [4.69, 9.17) is 5.11 Å². The highest BCUT2D eigenvalue weighted by Gasteiger charge is 2.04. The Kier molecular flexibility index (Phi) is 6.93. The van der Waals surface area contributed by atoms with Crippen molar-refractivity contribution >= 4 is 27.5 Å². The number of halogens is 1. The predicted octanol–water partition coefficient (Wildman–Crippen LogP) is 2.00. The molecule has 0 heterocycles. The lowest BCUT2D eigenvalue weighted by Crippen LogP contribution is -2.31. The molecule has 3 N–H and O–H groups in total. The summed E-state index contributed by atoms with van der Waals surface area (Å²) in [6, 6.07) is 7.45. The highest BCUT2D eigenvalue weighted by atomic mass is 79.9. The topological polar surface area (TPSA) is 61.4 Å². The number of nitrogens with one attached hydrogen (secondary N) is 2. The van der Waals surface area contributed by atoms with Crippen molar-refractivity contribution in [2.45, 2.75) is 13.3 Å². The number of aliphatic hydroxyl groups is 1. The van der Waals surface area contributed by atoms with Crippen molar-refractivity contribution in [1.82, 2.24) is 5.32 Å². The quantitative estimate of drug-likeness (QED) is 0.721. The molecule has 1 atom stereocenters. The Morgan fingerprint density at radius 1 is 1.39 bits per heavy atom. The van der Waals surface area contributed by atoms with E-state index in [0.29, 0.717) is 5.92 Å². The van der Waals surface area contributed by atoms with Crippen LogP contribution in [-0.4, -0.2) is 30.7 Å². The van der Waals surface area contributed by atoms with Crippen LogP contribution in [0.15, 0.2) is 28.7 Å². The molecule has 1 amide bonds. The van der Waals surface area contributed by atoms with E-state index in [0.717, 1.165) is 23.1 Å². The van der Waals surface area contributed by atoms with Crippen LogP contribution in [0, 0.1) is 5.92 Å². The second kappa shape index (κ2) is 8.24. The van der Waals surface area contributed by atoms with Gasteiger partial charge < -0.3 is 15.7 Å². The molecular formula is C13H19BrN2O2. The summed E-state index contributed by atoms with van der Waals surface area (Å²) in [7, 11) is 0. The standard InChI is InChI=1S/C13H19BrN2O2/c1-10(6-7-17)8-15-9-13(18)16-12-4-2-11(14)3-5-12/h2-5,10,15,17H,6-9H2,1H3,(H,16,18). The lowest BCUT2D eigenvalue weighted by molar-refractivity contribution is -0.115. The maximum Gasteiger partial charge on any atom is 0.238 e. The van der Waals surface area contributed by atoms with Gasteiger partial charge in [0.15, 0.2) is 0 Å². The summed E-state index contributed by atoms with van der Waals surface area (Å²) in [6.45, 7) is 3.24. The number of aliphatic hydroxyl groups excluding tert-OH is 1. The van der Waals surface area contributed by atoms with E-state index >= 15 is 0 Å². The average Bonchev–Trinajstić information content (AvgIpc) is 2.32. The summed E-state index contributed by atoms with van der Waals surface area (Å²) in [5, 5.41) is 14.6. The molecule has 0 saturated heterocycles. The SMILES string of the molecule is CC(CCO)CNCC(=O)Nc1ccc(Br)cc1. The average molecular weight is 315 g/mol. The minimum atomic E-state index is -0.0616. The fraction of sp³-hybridized carbons (Fsp3) is 0.462. The number of anilines is 1. The number of carbonyl (C=O) groups excluding carboxylic acids is 1. The van der Waals surface area contributed by atoms with Crippen molar-refractivity contribution in [3.63, 3.8) is 0 Å². The van der Waals surface area contributed by atoms with Crippen LogP contribution in [-0.2, 0) is 4.79 Å². The molecule has 0 aliphatic carbocycles. The van der Waals surface area contributed by atoms with Gasteiger partial charge in [0.2, 0.25) is 5.91 Å². The molecule has 100 valence electrons. The Morgan fingerprint density at radius 3 is 2.67 bits per heavy atom. The first-order valence-electron chi connectivity index (χ1n) is 5.99. The van der Waals surface area contributed by atoms with Crippen LogP contribution in [0.25, 0.3) is 0 Å². The van der Waals surface area contributed by atoms with E-state index in [1.165, 1.54) is 0 Å². The van der Waals surface area contributed by atoms with Crippen LogP contribution in [0.5, 0.6) is 0 Å². The van der Waals surface area contributed by atoms with E-state index < -0.39 is 0 Å². The summed E-state index contributed by atoms with van der Waals surface area (Å²) < 4.78 is 0.983. The van der Waals surface area contributed by atoms with Gasteiger partial charge in [-0.1, -0.05) is 22.9 Å². The van der Waals surface area contributed by atoms with Crippen molar-refractivity contribution in [1.29, 1.82) is 0 Å². The molecule has 5 heteroatoms. The van der Waals surface area contributed by atoms with Crippen molar-refractivity contribution in [2.75, 3.05) is 25.0 Å². The number of amides is 1. The number of carbonyl (C=O) groups is 1. The second-order valence-corrected chi connectivity index (χ2v) is 5.22. The highest BCUT2D eigenvalue weighted by molar-refractivity contribution is 9.10. The van der Waals surface area contributed by atoms with Gasteiger partial charge in [0.25, 0.3) is 0 Å². The molecule has 0 aliphatic heterocycles. The molecule has 0 radical (unpaired) electrons. The third-order valence-corrected chi connectivity index (χ3v) is 3.06. The van der Waals surface area contributed by atoms with Gasteiger partial charge >= 0.3 is 0 Å².